The fourth-order valence-electron chi connectivity index (χ4n) is 0.626. The number of carbonyl (C=O) groups is 1. The first-order valence-corrected chi connectivity index (χ1v) is 8.47. The van der Waals surface area contributed by atoms with Crippen molar-refractivity contribution in [3.63, 3.8) is 0 Å². The molecule has 3 nitrogen and oxygen atoms in total. The van der Waals surface area contributed by atoms with E-state index in [1.54, 1.807) is 0 Å². The van der Waals surface area contributed by atoms with Crippen LogP contribution in [-0.4, -0.2) is 23.8 Å². The molecule has 0 aliphatic carbocycles. The van der Waals surface area contributed by atoms with Crippen LogP contribution in [-0.2, 0) is 9.22 Å². The van der Waals surface area contributed by atoms with Gasteiger partial charge in [-0.2, -0.15) is 0 Å². The van der Waals surface area contributed by atoms with Gasteiger partial charge in [0.25, 0.3) is 0 Å². The van der Waals surface area contributed by atoms with E-state index < -0.39 is 14.3 Å². The number of halogens is 1. The number of aliphatic carboxylic acids is 1. The Morgan fingerprint density at radius 1 is 1.58 bits per heavy atom. The summed E-state index contributed by atoms with van der Waals surface area (Å²) in [7, 11) is -1.64. The standard InChI is InChI=1S/C7H13IO3Si/c1-12(2,3)11-6(5-8)4-7(9)10/h4H,5H2,1-3H3,(H,9,10)/b6-4-. The summed E-state index contributed by atoms with van der Waals surface area (Å²) >= 11 is 2.09. The summed E-state index contributed by atoms with van der Waals surface area (Å²) in [5.41, 5.74) is 0. The van der Waals surface area contributed by atoms with Crippen molar-refractivity contribution in [2.75, 3.05) is 4.43 Å². The van der Waals surface area contributed by atoms with Crippen molar-refractivity contribution in [2.24, 2.45) is 0 Å². The van der Waals surface area contributed by atoms with Gasteiger partial charge in [0, 0.05) is 0 Å². The second-order valence-corrected chi connectivity index (χ2v) is 8.49. The Morgan fingerprint density at radius 2 is 2.08 bits per heavy atom. The fourth-order valence-corrected chi connectivity index (χ4v) is 2.21. The summed E-state index contributed by atoms with van der Waals surface area (Å²) < 4.78 is 6.11. The summed E-state index contributed by atoms with van der Waals surface area (Å²) in [5, 5.41) is 8.47. The summed E-state index contributed by atoms with van der Waals surface area (Å²) in [4.78, 5) is 10.3. The first-order valence-electron chi connectivity index (χ1n) is 3.53. The molecule has 0 radical (unpaired) electrons. The molecular formula is C7H13IO3Si. The van der Waals surface area contributed by atoms with Crippen molar-refractivity contribution < 1.29 is 14.3 Å². The topological polar surface area (TPSA) is 46.5 Å². The van der Waals surface area contributed by atoms with E-state index in [0.717, 1.165) is 6.08 Å². The third-order valence-electron chi connectivity index (χ3n) is 0.853. The zero-order chi connectivity index (χ0) is 9.78. The highest BCUT2D eigenvalue weighted by molar-refractivity contribution is 14.1. The highest BCUT2D eigenvalue weighted by Gasteiger charge is 2.17. The maximum Gasteiger partial charge on any atom is 0.331 e. The lowest BCUT2D eigenvalue weighted by molar-refractivity contribution is -0.131. The van der Waals surface area contributed by atoms with E-state index in [0.29, 0.717) is 10.2 Å². The average molecular weight is 300 g/mol. The summed E-state index contributed by atoms with van der Waals surface area (Å²) in [5.74, 6) is -0.387. The third kappa shape index (κ3) is 6.65. The normalized spacial score (nSPS) is 12.8. The van der Waals surface area contributed by atoms with E-state index in [-0.39, 0.29) is 0 Å². The lowest BCUT2D eigenvalue weighted by Gasteiger charge is -2.20. The Labute approximate surface area is 87.1 Å². The van der Waals surface area contributed by atoms with Gasteiger partial charge < -0.3 is 9.53 Å². The van der Waals surface area contributed by atoms with Gasteiger partial charge in [-0.15, -0.1) is 0 Å². The minimum atomic E-state index is -1.64. The van der Waals surface area contributed by atoms with Crippen LogP contribution in [0.4, 0.5) is 0 Å². The van der Waals surface area contributed by atoms with Gasteiger partial charge in [-0.1, -0.05) is 22.6 Å². The van der Waals surface area contributed by atoms with Gasteiger partial charge in [0.1, 0.15) is 0 Å². The van der Waals surface area contributed by atoms with E-state index in [2.05, 4.69) is 22.6 Å². The molecule has 0 spiro atoms. The molecule has 0 fully saturated rings. The first-order chi connectivity index (χ1) is 5.35. The number of alkyl halides is 1. The average Bonchev–Trinajstić information content (AvgIpc) is 1.82. The quantitative estimate of drug-likeness (QED) is 0.285. The Morgan fingerprint density at radius 3 is 2.33 bits per heavy atom. The molecule has 0 heterocycles. The molecule has 0 atom stereocenters. The lowest BCUT2D eigenvalue weighted by atomic mass is 10.5. The van der Waals surface area contributed by atoms with E-state index in [9.17, 15) is 4.79 Å². The number of carboxylic acid groups (broad SMARTS) is 1. The molecule has 0 amide bonds. The molecule has 0 aromatic rings. The molecule has 0 aromatic heterocycles. The van der Waals surface area contributed by atoms with Gasteiger partial charge in [-0.25, -0.2) is 4.79 Å². The highest BCUT2D eigenvalue weighted by Crippen LogP contribution is 2.12. The highest BCUT2D eigenvalue weighted by atomic mass is 127. The lowest BCUT2D eigenvalue weighted by Crippen LogP contribution is -2.25. The Bertz CT molecular complexity index is 195. The number of hydrogen-bond acceptors (Lipinski definition) is 2. The molecule has 70 valence electrons. The van der Waals surface area contributed by atoms with Crippen molar-refractivity contribution >= 4 is 36.9 Å². The van der Waals surface area contributed by atoms with Gasteiger partial charge in [0.05, 0.1) is 16.3 Å². The molecule has 12 heavy (non-hydrogen) atoms. The summed E-state index contributed by atoms with van der Waals surface area (Å²) in [6.07, 6.45) is 1.13. The minimum Gasteiger partial charge on any atom is -0.546 e. The summed E-state index contributed by atoms with van der Waals surface area (Å²) in [6.45, 7) is 6.07. The van der Waals surface area contributed by atoms with Gasteiger partial charge in [-0.3, -0.25) is 0 Å². The van der Waals surface area contributed by atoms with E-state index in [4.69, 9.17) is 9.53 Å². The maximum atomic E-state index is 10.3. The zero-order valence-electron chi connectivity index (χ0n) is 7.43. The number of hydrogen-bond donors (Lipinski definition) is 1. The summed E-state index contributed by atoms with van der Waals surface area (Å²) in [6, 6.07) is 0. The fraction of sp³-hybridized carbons (Fsp3) is 0.571. The SMILES string of the molecule is C[Si](C)(C)O/C(=C\C(=O)O)CI. The molecule has 0 aliphatic rings. The second-order valence-electron chi connectivity index (χ2n) is 3.30. The number of carboxylic acids is 1. The molecule has 0 saturated heterocycles. The van der Waals surface area contributed by atoms with Gasteiger partial charge in [0.15, 0.2) is 0 Å². The van der Waals surface area contributed by atoms with Crippen LogP contribution in [0.3, 0.4) is 0 Å². The van der Waals surface area contributed by atoms with Crippen LogP contribution in [0.2, 0.25) is 19.6 Å². The molecule has 0 aromatic carbocycles. The van der Waals surface area contributed by atoms with Crippen molar-refractivity contribution in [2.45, 2.75) is 19.6 Å². The van der Waals surface area contributed by atoms with Crippen molar-refractivity contribution in [1.29, 1.82) is 0 Å². The monoisotopic (exact) mass is 300 g/mol. The number of rotatable bonds is 4. The van der Waals surface area contributed by atoms with Crippen LogP contribution in [0.5, 0.6) is 0 Å². The molecular weight excluding hydrogens is 287 g/mol. The van der Waals surface area contributed by atoms with Crippen molar-refractivity contribution in [1.82, 2.24) is 0 Å². The molecule has 0 bridgehead atoms. The molecule has 0 saturated carbocycles. The van der Waals surface area contributed by atoms with Crippen LogP contribution >= 0.6 is 22.6 Å². The zero-order valence-corrected chi connectivity index (χ0v) is 10.6. The van der Waals surface area contributed by atoms with Crippen molar-refractivity contribution in [3.8, 4) is 0 Å². The van der Waals surface area contributed by atoms with Crippen LogP contribution in [0.1, 0.15) is 0 Å². The molecule has 0 unspecified atom stereocenters. The smallest absolute Gasteiger partial charge is 0.331 e. The number of allylic oxidation sites excluding steroid dienone is 1. The van der Waals surface area contributed by atoms with Gasteiger partial charge >= 0.3 is 5.97 Å². The Hall–Kier alpha value is -0.0431. The predicted octanol–water partition coefficient (Wildman–Crippen LogP) is 2.24. The van der Waals surface area contributed by atoms with Gasteiger partial charge in [-0.05, 0) is 19.6 Å². The molecule has 0 rings (SSSR count). The Balaban J connectivity index is 4.28. The van der Waals surface area contributed by atoms with Gasteiger partial charge in [0.2, 0.25) is 8.32 Å². The molecule has 5 heteroatoms. The van der Waals surface area contributed by atoms with Crippen LogP contribution in [0.25, 0.3) is 0 Å². The van der Waals surface area contributed by atoms with Crippen LogP contribution < -0.4 is 0 Å². The van der Waals surface area contributed by atoms with E-state index in [1.807, 2.05) is 19.6 Å². The maximum absolute atomic E-state index is 10.3. The van der Waals surface area contributed by atoms with Crippen LogP contribution in [0, 0.1) is 0 Å². The Kier molecular flexibility index (Phi) is 4.84. The van der Waals surface area contributed by atoms with E-state index >= 15 is 0 Å². The first kappa shape index (κ1) is 12.0. The predicted molar refractivity (Wildman–Crippen MR) is 59.0 cm³/mol. The van der Waals surface area contributed by atoms with E-state index in [1.165, 1.54) is 0 Å². The minimum absolute atomic E-state index is 0.558. The third-order valence-corrected chi connectivity index (χ3v) is 2.48. The second kappa shape index (κ2) is 4.86. The molecule has 0 aliphatic heterocycles. The molecule has 1 N–H and O–H groups in total. The van der Waals surface area contributed by atoms with Crippen molar-refractivity contribution in [3.05, 3.63) is 11.8 Å². The van der Waals surface area contributed by atoms with Crippen LogP contribution in [0.15, 0.2) is 11.8 Å². The largest absolute Gasteiger partial charge is 0.546 e.